The summed E-state index contributed by atoms with van der Waals surface area (Å²) < 4.78 is 7.52. The molecule has 0 saturated carbocycles. The Bertz CT molecular complexity index is 1630. The topological polar surface area (TPSA) is 187 Å². The molecule has 0 aliphatic carbocycles. The zero-order chi connectivity index (χ0) is 40.0. The fraction of sp³-hybridized carbons (Fsp3) is 0.575. The molecule has 4 rings (SSSR count). The number of amides is 3. The normalized spacial score (nSPS) is 14.5. The number of benzene rings is 1. The van der Waals surface area contributed by atoms with Gasteiger partial charge in [0.15, 0.2) is 0 Å². The summed E-state index contributed by atoms with van der Waals surface area (Å²) in [5, 5.41) is 19.3. The van der Waals surface area contributed by atoms with E-state index in [1.165, 1.54) is 25.7 Å². The molecule has 15 heteroatoms. The van der Waals surface area contributed by atoms with Gasteiger partial charge in [-0.1, -0.05) is 57.4 Å². The van der Waals surface area contributed by atoms with Gasteiger partial charge in [-0.15, -0.1) is 10.1 Å². The van der Waals surface area contributed by atoms with Crippen molar-refractivity contribution in [3.63, 3.8) is 0 Å². The van der Waals surface area contributed by atoms with Crippen LogP contribution in [0.2, 0.25) is 0 Å². The molecule has 0 bridgehead atoms. The Morgan fingerprint density at radius 1 is 0.891 bits per heavy atom. The van der Waals surface area contributed by atoms with Crippen LogP contribution in [-0.2, 0) is 48.6 Å². The van der Waals surface area contributed by atoms with E-state index in [1.807, 2.05) is 60.8 Å². The van der Waals surface area contributed by atoms with Gasteiger partial charge in [-0.25, -0.2) is 4.79 Å². The minimum Gasteiger partial charge on any atom is -0.464 e. The molecule has 55 heavy (non-hydrogen) atoms. The smallest absolute Gasteiger partial charge is 0.329 e. The van der Waals surface area contributed by atoms with Crippen molar-refractivity contribution in [1.82, 2.24) is 30.4 Å². The third-order valence-corrected chi connectivity index (χ3v) is 9.42. The molecule has 302 valence electrons. The van der Waals surface area contributed by atoms with E-state index >= 15 is 0 Å². The number of para-hydroxylation sites is 1. The highest BCUT2D eigenvalue weighted by Gasteiger charge is 2.31. The second-order valence-electron chi connectivity index (χ2n) is 14.3. The number of fused-ring (bicyclic) bond motifs is 1. The number of hydrogen-bond donors (Lipinski definition) is 3. The van der Waals surface area contributed by atoms with Crippen molar-refractivity contribution >= 4 is 35.1 Å². The summed E-state index contributed by atoms with van der Waals surface area (Å²) in [6.07, 6.45) is 12.8. The lowest BCUT2D eigenvalue weighted by Gasteiger charge is -2.25. The molecule has 3 amide bonds. The van der Waals surface area contributed by atoms with Crippen molar-refractivity contribution in [1.29, 1.82) is 0 Å². The zero-order valence-electron chi connectivity index (χ0n) is 32.7. The van der Waals surface area contributed by atoms with Gasteiger partial charge in [0.1, 0.15) is 12.1 Å². The number of unbranched alkanes of at least 4 members (excludes halogenated alkanes) is 3. The Balaban J connectivity index is 0.000000788. The van der Waals surface area contributed by atoms with Crippen molar-refractivity contribution in [2.75, 3.05) is 33.4 Å². The quantitative estimate of drug-likeness (QED) is 0.0464. The van der Waals surface area contributed by atoms with E-state index in [1.54, 1.807) is 31.4 Å². The molecule has 3 heterocycles. The SMILES string of the molecule is CNC(CC(C)C)C(=O)NC(Cc1cn(C)c2ccccc12)C(=O)NC(Cc1ccccn1)C(=O)OCCCCCCO[N+](=O)[O-].O=CN1CCCCCC1. The molecule has 1 fully saturated rings. The van der Waals surface area contributed by atoms with Crippen molar-refractivity contribution in [3.8, 4) is 0 Å². The standard InChI is InChI=1S/C33H46N6O7.C7H13NO/c1-23(2)19-27(34-3)31(40)36-28(20-24-22-38(4)30-15-8-7-14-26(24)30)32(41)37-29(21-25-13-9-10-16-35-25)33(42)45-17-11-5-6-12-18-46-39(43)44;9-7-8-5-3-1-2-4-6-8/h7-10,13-16,22-23,27-29,34H,5-6,11-12,17-21H2,1-4H3,(H,36,40)(H,37,41);7H,1-6H2. The van der Waals surface area contributed by atoms with E-state index < -0.39 is 35.1 Å². The summed E-state index contributed by atoms with van der Waals surface area (Å²) in [6, 6.07) is 10.7. The maximum Gasteiger partial charge on any atom is 0.329 e. The summed E-state index contributed by atoms with van der Waals surface area (Å²) in [5.41, 5.74) is 2.48. The molecular weight excluding hydrogens is 706 g/mol. The van der Waals surface area contributed by atoms with Gasteiger partial charge in [-0.3, -0.25) is 19.4 Å². The number of aromatic nitrogens is 2. The number of ether oxygens (including phenoxy) is 1. The number of carbonyl (C=O) groups is 4. The number of nitrogens with one attached hydrogen (secondary N) is 3. The van der Waals surface area contributed by atoms with E-state index in [-0.39, 0.29) is 37.9 Å². The molecule has 1 aromatic carbocycles. The van der Waals surface area contributed by atoms with Crippen LogP contribution in [0.5, 0.6) is 0 Å². The van der Waals surface area contributed by atoms with Gasteiger partial charge >= 0.3 is 5.97 Å². The first kappa shape index (κ1) is 44.3. The summed E-state index contributed by atoms with van der Waals surface area (Å²) in [5.74, 6) is -1.17. The average molecular weight is 766 g/mol. The number of nitrogens with zero attached hydrogens (tertiary/aromatic N) is 4. The first-order valence-corrected chi connectivity index (χ1v) is 19.4. The lowest BCUT2D eigenvalue weighted by molar-refractivity contribution is -0.757. The van der Waals surface area contributed by atoms with Gasteiger partial charge in [-0.2, -0.15) is 0 Å². The summed E-state index contributed by atoms with van der Waals surface area (Å²) in [6.45, 7) is 6.15. The largest absolute Gasteiger partial charge is 0.464 e. The molecule has 1 saturated heterocycles. The minimum atomic E-state index is -1.04. The van der Waals surface area contributed by atoms with Crippen LogP contribution < -0.4 is 16.0 Å². The second-order valence-corrected chi connectivity index (χ2v) is 14.3. The van der Waals surface area contributed by atoms with Crippen LogP contribution >= 0.6 is 0 Å². The first-order valence-electron chi connectivity index (χ1n) is 19.4. The van der Waals surface area contributed by atoms with Gasteiger partial charge in [0.2, 0.25) is 18.2 Å². The number of pyridine rings is 1. The van der Waals surface area contributed by atoms with E-state index in [2.05, 4.69) is 25.8 Å². The van der Waals surface area contributed by atoms with Gasteiger partial charge < -0.3 is 35.0 Å². The molecule has 3 unspecified atom stereocenters. The van der Waals surface area contributed by atoms with Crippen molar-refractivity contribution in [2.45, 2.75) is 103 Å². The fourth-order valence-corrected chi connectivity index (χ4v) is 6.48. The lowest BCUT2D eigenvalue weighted by atomic mass is 10.0. The van der Waals surface area contributed by atoms with Crippen LogP contribution in [0.1, 0.15) is 82.9 Å². The molecule has 3 aromatic rings. The Labute approximate surface area is 324 Å². The fourth-order valence-electron chi connectivity index (χ4n) is 6.48. The molecule has 3 N–H and O–H groups in total. The molecule has 1 aliphatic heterocycles. The highest BCUT2D eigenvalue weighted by molar-refractivity contribution is 5.93. The van der Waals surface area contributed by atoms with E-state index in [0.29, 0.717) is 37.8 Å². The van der Waals surface area contributed by atoms with Crippen LogP contribution in [0.15, 0.2) is 54.9 Å². The molecule has 0 radical (unpaired) electrons. The molecule has 15 nitrogen and oxygen atoms in total. The van der Waals surface area contributed by atoms with Crippen LogP contribution in [0, 0.1) is 16.0 Å². The number of carbonyl (C=O) groups excluding carboxylic acids is 4. The summed E-state index contributed by atoms with van der Waals surface area (Å²) >= 11 is 0. The molecule has 0 spiro atoms. The Morgan fingerprint density at radius 3 is 2.18 bits per heavy atom. The second kappa shape index (κ2) is 24.4. The maximum absolute atomic E-state index is 13.9. The molecular formula is C40H59N7O8. The predicted octanol–water partition coefficient (Wildman–Crippen LogP) is 4.29. The highest BCUT2D eigenvalue weighted by Crippen LogP contribution is 2.22. The predicted molar refractivity (Wildman–Crippen MR) is 209 cm³/mol. The Kier molecular flexibility index (Phi) is 19.7. The van der Waals surface area contributed by atoms with Gasteiger partial charge in [0.05, 0.1) is 19.3 Å². The number of hydrogen-bond acceptors (Lipinski definition) is 10. The number of likely N-dealkylation sites (N-methyl/N-ethyl adjacent to an activating group) is 1. The zero-order valence-corrected chi connectivity index (χ0v) is 32.7. The minimum absolute atomic E-state index is 0.0218. The Morgan fingerprint density at radius 2 is 1.55 bits per heavy atom. The third-order valence-electron chi connectivity index (χ3n) is 9.42. The van der Waals surface area contributed by atoms with E-state index in [0.717, 1.165) is 36.0 Å². The average Bonchev–Trinajstić information content (AvgIpc) is 3.30. The third kappa shape index (κ3) is 16.1. The number of esters is 1. The Hall–Kier alpha value is -5.05. The maximum atomic E-state index is 13.9. The van der Waals surface area contributed by atoms with Crippen LogP contribution in [-0.4, -0.2) is 95.2 Å². The lowest BCUT2D eigenvalue weighted by Crippen LogP contribution is -2.56. The van der Waals surface area contributed by atoms with Crippen LogP contribution in [0.4, 0.5) is 0 Å². The highest BCUT2D eigenvalue weighted by atomic mass is 16.9. The van der Waals surface area contributed by atoms with Crippen molar-refractivity contribution < 1.29 is 33.8 Å². The van der Waals surface area contributed by atoms with Crippen LogP contribution in [0.25, 0.3) is 10.9 Å². The molecule has 1 aliphatic rings. The number of aryl methyl sites for hydroxylation is 1. The molecule has 2 aromatic heterocycles. The number of rotatable bonds is 21. The summed E-state index contributed by atoms with van der Waals surface area (Å²) in [4.78, 5) is 71.6. The summed E-state index contributed by atoms with van der Waals surface area (Å²) in [7, 11) is 3.64. The first-order chi connectivity index (χ1) is 26.5. The molecule has 3 atom stereocenters. The van der Waals surface area contributed by atoms with E-state index in [4.69, 9.17) is 4.74 Å². The van der Waals surface area contributed by atoms with Crippen LogP contribution in [0.3, 0.4) is 0 Å². The van der Waals surface area contributed by atoms with Crippen molar-refractivity contribution in [3.05, 3.63) is 76.2 Å². The van der Waals surface area contributed by atoms with Gasteiger partial charge in [0.25, 0.3) is 5.09 Å². The van der Waals surface area contributed by atoms with E-state index in [9.17, 15) is 29.3 Å². The number of likely N-dealkylation sites (tertiary alicyclic amines) is 1. The van der Waals surface area contributed by atoms with Crippen molar-refractivity contribution in [2.24, 2.45) is 13.0 Å². The van der Waals surface area contributed by atoms with Gasteiger partial charge in [-0.05, 0) is 75.3 Å². The van der Waals surface area contributed by atoms with Gasteiger partial charge in [0, 0.05) is 62.0 Å². The monoisotopic (exact) mass is 765 g/mol.